The summed E-state index contributed by atoms with van der Waals surface area (Å²) < 4.78 is 7.16. The summed E-state index contributed by atoms with van der Waals surface area (Å²) in [4.78, 5) is 15.0. The third-order valence-corrected chi connectivity index (χ3v) is 2.73. The molecule has 0 saturated carbocycles. The summed E-state index contributed by atoms with van der Waals surface area (Å²) >= 11 is 0. The van der Waals surface area contributed by atoms with Gasteiger partial charge in [0.2, 0.25) is 5.71 Å². The van der Waals surface area contributed by atoms with Gasteiger partial charge in [-0.25, -0.2) is 15.1 Å². The molecule has 8 heteroatoms. The van der Waals surface area contributed by atoms with E-state index in [9.17, 15) is 4.79 Å². The number of carbonyl (C=O) groups is 1. The molecule has 3 aromatic heterocycles. The van der Waals surface area contributed by atoms with Crippen molar-refractivity contribution in [1.29, 1.82) is 0 Å². The molecule has 0 aliphatic heterocycles. The van der Waals surface area contributed by atoms with Crippen LogP contribution in [0, 0.1) is 0 Å². The van der Waals surface area contributed by atoms with Gasteiger partial charge in [-0.3, -0.25) is 10.0 Å². The van der Waals surface area contributed by atoms with Gasteiger partial charge in [0.25, 0.3) is 5.91 Å². The number of nitrogens with one attached hydrogen (secondary N) is 1. The molecular weight excluding hydrogens is 274 g/mol. The minimum Gasteiger partial charge on any atom is -0.441 e. The van der Waals surface area contributed by atoms with Crippen LogP contribution in [0.3, 0.4) is 0 Å². The van der Waals surface area contributed by atoms with E-state index >= 15 is 0 Å². The molecule has 0 atom stereocenters. The molecule has 8 nitrogen and oxygen atoms in total. The van der Waals surface area contributed by atoms with E-state index in [4.69, 9.17) is 9.62 Å². The number of hydrogen-bond donors (Lipinski definition) is 2. The number of fused-ring (bicyclic) bond motifs is 1. The average molecular weight is 285 g/mol. The highest BCUT2D eigenvalue weighted by atomic mass is 16.5. The molecule has 3 heterocycles. The van der Waals surface area contributed by atoms with Crippen molar-refractivity contribution in [1.82, 2.24) is 25.5 Å². The van der Waals surface area contributed by atoms with Crippen LogP contribution < -0.4 is 5.48 Å². The van der Waals surface area contributed by atoms with Gasteiger partial charge in [-0.05, 0) is 24.3 Å². The fourth-order valence-corrected chi connectivity index (χ4v) is 1.83. The fraction of sp³-hybridized carbons (Fsp3) is 0.0769. The summed E-state index contributed by atoms with van der Waals surface area (Å²) in [6.07, 6.45) is 5.91. The zero-order valence-corrected chi connectivity index (χ0v) is 10.8. The van der Waals surface area contributed by atoms with Crippen LogP contribution in [0.15, 0.2) is 41.1 Å². The summed E-state index contributed by atoms with van der Waals surface area (Å²) in [5.41, 5.74) is 2.56. The molecule has 0 spiro atoms. The van der Waals surface area contributed by atoms with Gasteiger partial charge in [0, 0.05) is 17.7 Å². The van der Waals surface area contributed by atoms with Crippen molar-refractivity contribution in [2.75, 3.05) is 0 Å². The lowest BCUT2D eigenvalue weighted by Gasteiger charge is -1.94. The number of aromatic nitrogens is 4. The molecule has 0 aromatic carbocycles. The third-order valence-electron chi connectivity index (χ3n) is 2.73. The Kier molecular flexibility index (Phi) is 3.44. The Bertz CT molecular complexity index is 772. The number of carbonyl (C=O) groups excluding carboxylic acids is 1. The number of furan rings is 1. The van der Waals surface area contributed by atoms with Crippen LogP contribution in [0.25, 0.3) is 17.2 Å². The lowest BCUT2D eigenvalue weighted by Crippen LogP contribution is -2.14. The quantitative estimate of drug-likeness (QED) is 0.420. The maximum atomic E-state index is 10.9. The van der Waals surface area contributed by atoms with Gasteiger partial charge in [0.05, 0.1) is 6.20 Å². The van der Waals surface area contributed by atoms with Gasteiger partial charge in [0.15, 0.2) is 0 Å². The van der Waals surface area contributed by atoms with Crippen LogP contribution in [0.1, 0.15) is 11.5 Å². The largest absolute Gasteiger partial charge is 0.441 e. The van der Waals surface area contributed by atoms with Gasteiger partial charge in [0.1, 0.15) is 18.0 Å². The topological polar surface area (TPSA) is 106 Å². The highest BCUT2D eigenvalue weighted by molar-refractivity contribution is 5.90. The first kappa shape index (κ1) is 13.0. The van der Waals surface area contributed by atoms with Crippen LogP contribution in [0.5, 0.6) is 0 Å². The van der Waals surface area contributed by atoms with Crippen molar-refractivity contribution >= 4 is 23.1 Å². The highest BCUT2D eigenvalue weighted by Gasteiger charge is 2.06. The smallest absolute Gasteiger partial charge is 0.267 e. The first-order valence-electron chi connectivity index (χ1n) is 6.10. The molecule has 21 heavy (non-hydrogen) atoms. The van der Waals surface area contributed by atoms with E-state index in [1.807, 2.05) is 18.2 Å². The Labute approximate surface area is 118 Å². The standard InChI is InChI=1S/C13H11N5O3/c19-12(16-20)4-3-10-7-18(17-15-10)8-11-6-9-2-1-5-14-13(9)21-11/h1-7,20H,8H2,(H,16,19)/b4-3+. The predicted molar refractivity (Wildman–Crippen MR) is 72.1 cm³/mol. The normalized spacial score (nSPS) is 11.3. The van der Waals surface area contributed by atoms with Gasteiger partial charge in [-0.1, -0.05) is 5.21 Å². The Morgan fingerprint density at radius 1 is 1.52 bits per heavy atom. The molecule has 106 valence electrons. The fourth-order valence-electron chi connectivity index (χ4n) is 1.83. The minimum absolute atomic E-state index is 0.406. The monoisotopic (exact) mass is 285 g/mol. The summed E-state index contributed by atoms with van der Waals surface area (Å²) in [6, 6.07) is 5.64. The maximum absolute atomic E-state index is 10.9. The van der Waals surface area contributed by atoms with Gasteiger partial charge in [-0.15, -0.1) is 5.10 Å². The second kappa shape index (κ2) is 5.55. The molecule has 0 unspecified atom stereocenters. The first-order chi connectivity index (χ1) is 10.2. The second-order valence-electron chi connectivity index (χ2n) is 4.26. The Morgan fingerprint density at radius 3 is 3.24 bits per heavy atom. The van der Waals surface area contributed by atoms with Gasteiger partial charge >= 0.3 is 0 Å². The van der Waals surface area contributed by atoms with Crippen LogP contribution in [0.2, 0.25) is 0 Å². The van der Waals surface area contributed by atoms with E-state index < -0.39 is 5.91 Å². The molecule has 0 saturated heterocycles. The second-order valence-corrected chi connectivity index (χ2v) is 4.26. The molecule has 0 fully saturated rings. The number of rotatable bonds is 4. The van der Waals surface area contributed by atoms with Crippen molar-refractivity contribution < 1.29 is 14.4 Å². The lowest BCUT2D eigenvalue weighted by molar-refractivity contribution is -0.124. The van der Waals surface area contributed by atoms with E-state index in [-0.39, 0.29) is 0 Å². The summed E-state index contributed by atoms with van der Waals surface area (Å²) in [5, 5.41) is 17.1. The van der Waals surface area contributed by atoms with Crippen molar-refractivity contribution in [2.24, 2.45) is 0 Å². The van der Waals surface area contributed by atoms with Crippen LogP contribution in [-0.2, 0) is 11.3 Å². The summed E-state index contributed by atoms with van der Waals surface area (Å²) in [6.45, 7) is 0.406. The van der Waals surface area contributed by atoms with E-state index in [0.29, 0.717) is 23.7 Å². The Morgan fingerprint density at radius 2 is 2.43 bits per heavy atom. The van der Waals surface area contributed by atoms with Crippen LogP contribution >= 0.6 is 0 Å². The lowest BCUT2D eigenvalue weighted by atomic mass is 10.3. The van der Waals surface area contributed by atoms with Gasteiger partial charge < -0.3 is 4.42 Å². The minimum atomic E-state index is -0.632. The Hall–Kier alpha value is -3.00. The molecule has 0 radical (unpaired) electrons. The average Bonchev–Trinajstić information content (AvgIpc) is 3.10. The highest BCUT2D eigenvalue weighted by Crippen LogP contribution is 2.17. The van der Waals surface area contributed by atoms with Crippen LogP contribution in [0.4, 0.5) is 0 Å². The number of pyridine rings is 1. The molecule has 1 amide bonds. The number of hydroxylamine groups is 1. The van der Waals surface area contributed by atoms with E-state index in [2.05, 4.69) is 15.3 Å². The summed E-state index contributed by atoms with van der Waals surface area (Å²) in [5.74, 6) is 0.0742. The predicted octanol–water partition coefficient (Wildman–Crippen LogP) is 0.986. The third kappa shape index (κ3) is 2.95. The summed E-state index contributed by atoms with van der Waals surface area (Å²) in [7, 11) is 0. The van der Waals surface area contributed by atoms with Crippen molar-refractivity contribution in [3.05, 3.63) is 48.1 Å². The number of hydrogen-bond acceptors (Lipinski definition) is 6. The molecule has 2 N–H and O–H groups in total. The molecular formula is C13H11N5O3. The van der Waals surface area contributed by atoms with E-state index in [1.165, 1.54) is 11.6 Å². The van der Waals surface area contributed by atoms with Gasteiger partial charge in [-0.2, -0.15) is 0 Å². The van der Waals surface area contributed by atoms with Crippen molar-refractivity contribution in [3.8, 4) is 0 Å². The molecule has 0 bridgehead atoms. The molecule has 0 aliphatic carbocycles. The zero-order valence-electron chi connectivity index (χ0n) is 10.8. The Balaban J connectivity index is 1.74. The number of nitrogens with zero attached hydrogens (tertiary/aromatic N) is 4. The molecule has 0 aliphatic rings. The molecule has 3 aromatic rings. The van der Waals surface area contributed by atoms with Crippen LogP contribution in [-0.4, -0.2) is 31.1 Å². The molecule has 3 rings (SSSR count). The zero-order chi connectivity index (χ0) is 14.7. The van der Waals surface area contributed by atoms with Crippen molar-refractivity contribution in [2.45, 2.75) is 6.54 Å². The van der Waals surface area contributed by atoms with E-state index in [0.717, 1.165) is 11.5 Å². The van der Waals surface area contributed by atoms with E-state index in [1.54, 1.807) is 17.1 Å². The van der Waals surface area contributed by atoms with Crippen molar-refractivity contribution in [3.63, 3.8) is 0 Å². The maximum Gasteiger partial charge on any atom is 0.267 e. The number of amides is 1. The SMILES string of the molecule is O=C(/C=C/c1cn(Cc2cc3cccnc3o2)nn1)NO. The first-order valence-corrected chi connectivity index (χ1v) is 6.10.